The molecule has 6 nitrogen and oxygen atoms in total. The van der Waals surface area contributed by atoms with E-state index in [9.17, 15) is 4.79 Å². The Balaban J connectivity index is 1.51. The molecule has 0 radical (unpaired) electrons. The maximum Gasteiger partial charge on any atom is 0.322 e. The SMILES string of the molecule is C[C@@H]1CN(C(=O)Nc2ccc(OCc3cccnc3)cc2)CCO1. The molecular weight excluding hydrogens is 306 g/mol. The quantitative estimate of drug-likeness (QED) is 0.938. The van der Waals surface area contributed by atoms with Crippen molar-refractivity contribution in [3.8, 4) is 5.75 Å². The van der Waals surface area contributed by atoms with Gasteiger partial charge in [0.1, 0.15) is 12.4 Å². The average Bonchev–Trinajstić information content (AvgIpc) is 2.62. The number of aromatic nitrogens is 1. The van der Waals surface area contributed by atoms with Crippen LogP contribution >= 0.6 is 0 Å². The fourth-order valence-corrected chi connectivity index (χ4v) is 2.49. The molecule has 0 aliphatic carbocycles. The second-order valence-corrected chi connectivity index (χ2v) is 5.73. The van der Waals surface area contributed by atoms with Gasteiger partial charge in [0.2, 0.25) is 0 Å². The van der Waals surface area contributed by atoms with Gasteiger partial charge in [-0.3, -0.25) is 4.98 Å². The molecule has 1 aliphatic heterocycles. The highest BCUT2D eigenvalue weighted by Crippen LogP contribution is 2.18. The van der Waals surface area contributed by atoms with Crippen molar-refractivity contribution < 1.29 is 14.3 Å². The highest BCUT2D eigenvalue weighted by molar-refractivity contribution is 5.89. The molecule has 126 valence electrons. The molecule has 1 aliphatic rings. The van der Waals surface area contributed by atoms with Crippen LogP contribution in [0.25, 0.3) is 0 Å². The maximum atomic E-state index is 12.2. The van der Waals surface area contributed by atoms with Crippen molar-refractivity contribution in [2.24, 2.45) is 0 Å². The summed E-state index contributed by atoms with van der Waals surface area (Å²) >= 11 is 0. The van der Waals surface area contributed by atoms with E-state index in [1.54, 1.807) is 17.3 Å². The van der Waals surface area contributed by atoms with Gasteiger partial charge in [0.15, 0.2) is 0 Å². The molecule has 1 aromatic heterocycles. The summed E-state index contributed by atoms with van der Waals surface area (Å²) in [6, 6.07) is 11.1. The van der Waals surface area contributed by atoms with E-state index in [-0.39, 0.29) is 12.1 Å². The summed E-state index contributed by atoms with van der Waals surface area (Å²) in [4.78, 5) is 18.0. The lowest BCUT2D eigenvalue weighted by Gasteiger charge is -2.31. The molecule has 1 N–H and O–H groups in total. The van der Waals surface area contributed by atoms with E-state index in [2.05, 4.69) is 10.3 Å². The molecular formula is C18H21N3O3. The third kappa shape index (κ3) is 4.45. The molecule has 2 aromatic rings. The lowest BCUT2D eigenvalue weighted by Crippen LogP contribution is -2.46. The number of morpholine rings is 1. The molecule has 1 atom stereocenters. The number of nitrogens with zero attached hydrogens (tertiary/aromatic N) is 2. The summed E-state index contributed by atoms with van der Waals surface area (Å²) in [5.74, 6) is 0.747. The van der Waals surface area contributed by atoms with E-state index in [1.165, 1.54) is 0 Å². The van der Waals surface area contributed by atoms with Crippen molar-refractivity contribution >= 4 is 11.7 Å². The standard InChI is InChI=1S/C18H21N3O3/c1-14-12-21(9-10-23-14)18(22)20-16-4-6-17(7-5-16)24-13-15-3-2-8-19-11-15/h2-8,11,14H,9-10,12-13H2,1H3,(H,20,22)/t14-/m1/s1. The van der Waals surface area contributed by atoms with Crippen molar-refractivity contribution in [2.45, 2.75) is 19.6 Å². The molecule has 0 unspecified atom stereocenters. The number of urea groups is 1. The molecule has 1 fully saturated rings. The number of ether oxygens (including phenoxy) is 2. The molecule has 1 saturated heterocycles. The fourth-order valence-electron chi connectivity index (χ4n) is 2.49. The van der Waals surface area contributed by atoms with Gasteiger partial charge >= 0.3 is 6.03 Å². The number of amides is 2. The predicted molar refractivity (Wildman–Crippen MR) is 91.0 cm³/mol. The van der Waals surface area contributed by atoms with E-state index in [0.717, 1.165) is 17.0 Å². The van der Waals surface area contributed by atoms with Crippen LogP contribution < -0.4 is 10.1 Å². The second kappa shape index (κ2) is 7.79. The maximum absolute atomic E-state index is 12.2. The van der Waals surface area contributed by atoms with Crippen LogP contribution in [0, 0.1) is 0 Å². The van der Waals surface area contributed by atoms with Crippen LogP contribution in [0.4, 0.5) is 10.5 Å². The summed E-state index contributed by atoms with van der Waals surface area (Å²) in [5, 5.41) is 2.90. The van der Waals surface area contributed by atoms with E-state index in [1.807, 2.05) is 43.3 Å². The zero-order valence-corrected chi connectivity index (χ0v) is 13.6. The summed E-state index contributed by atoms with van der Waals surface area (Å²) in [6.07, 6.45) is 3.58. The number of nitrogens with one attached hydrogen (secondary N) is 1. The lowest BCUT2D eigenvalue weighted by atomic mass is 10.3. The van der Waals surface area contributed by atoms with E-state index in [0.29, 0.717) is 26.3 Å². The minimum absolute atomic E-state index is 0.0766. The number of rotatable bonds is 4. The summed E-state index contributed by atoms with van der Waals surface area (Å²) in [5.41, 5.74) is 1.75. The summed E-state index contributed by atoms with van der Waals surface area (Å²) in [7, 11) is 0. The van der Waals surface area contributed by atoms with Crippen LogP contribution in [0.3, 0.4) is 0 Å². The van der Waals surface area contributed by atoms with Crippen molar-refractivity contribution in [3.63, 3.8) is 0 Å². The Kier molecular flexibility index (Phi) is 5.28. The average molecular weight is 327 g/mol. The third-order valence-electron chi connectivity index (χ3n) is 3.76. The van der Waals surface area contributed by atoms with Gasteiger partial charge in [0, 0.05) is 36.7 Å². The normalized spacial score (nSPS) is 17.4. The molecule has 2 heterocycles. The van der Waals surface area contributed by atoms with Gasteiger partial charge < -0.3 is 19.7 Å². The van der Waals surface area contributed by atoms with Crippen LogP contribution in [-0.4, -0.2) is 41.7 Å². The summed E-state index contributed by atoms with van der Waals surface area (Å²) < 4.78 is 11.1. The van der Waals surface area contributed by atoms with E-state index >= 15 is 0 Å². The smallest absolute Gasteiger partial charge is 0.322 e. The Morgan fingerprint density at radius 2 is 2.21 bits per heavy atom. The number of hydrogen-bond acceptors (Lipinski definition) is 4. The minimum Gasteiger partial charge on any atom is -0.489 e. The Bertz CT molecular complexity index is 661. The molecule has 0 spiro atoms. The van der Waals surface area contributed by atoms with Crippen LogP contribution in [0.15, 0.2) is 48.8 Å². The lowest BCUT2D eigenvalue weighted by molar-refractivity contribution is -0.00138. The molecule has 2 amide bonds. The minimum atomic E-state index is -0.103. The Morgan fingerprint density at radius 1 is 1.38 bits per heavy atom. The molecule has 24 heavy (non-hydrogen) atoms. The number of anilines is 1. The first-order valence-corrected chi connectivity index (χ1v) is 8.00. The van der Waals surface area contributed by atoms with Crippen LogP contribution in [0.2, 0.25) is 0 Å². The van der Waals surface area contributed by atoms with Crippen molar-refractivity contribution in [2.75, 3.05) is 25.0 Å². The van der Waals surface area contributed by atoms with Gasteiger partial charge in [-0.15, -0.1) is 0 Å². The van der Waals surface area contributed by atoms with Gasteiger partial charge in [-0.25, -0.2) is 4.79 Å². The Morgan fingerprint density at radius 3 is 2.92 bits per heavy atom. The van der Waals surface area contributed by atoms with Gasteiger partial charge in [-0.05, 0) is 37.3 Å². The van der Waals surface area contributed by atoms with Gasteiger partial charge in [0.05, 0.1) is 12.7 Å². The number of pyridine rings is 1. The molecule has 1 aromatic carbocycles. The predicted octanol–water partition coefficient (Wildman–Crippen LogP) is 2.91. The molecule has 6 heteroatoms. The van der Waals surface area contributed by atoms with Crippen LogP contribution in [0.5, 0.6) is 5.75 Å². The largest absolute Gasteiger partial charge is 0.489 e. The fraction of sp³-hybridized carbons (Fsp3) is 0.333. The molecule has 0 bridgehead atoms. The zero-order valence-electron chi connectivity index (χ0n) is 13.6. The van der Waals surface area contributed by atoms with Gasteiger partial charge in [-0.2, -0.15) is 0 Å². The monoisotopic (exact) mass is 327 g/mol. The summed E-state index contributed by atoms with van der Waals surface area (Å²) in [6.45, 7) is 4.23. The Hall–Kier alpha value is -2.60. The second-order valence-electron chi connectivity index (χ2n) is 5.73. The van der Waals surface area contributed by atoms with Crippen molar-refractivity contribution in [3.05, 3.63) is 54.4 Å². The van der Waals surface area contributed by atoms with Crippen LogP contribution in [-0.2, 0) is 11.3 Å². The molecule has 0 saturated carbocycles. The zero-order chi connectivity index (χ0) is 16.8. The van der Waals surface area contributed by atoms with E-state index in [4.69, 9.17) is 9.47 Å². The third-order valence-corrected chi connectivity index (χ3v) is 3.76. The number of carbonyl (C=O) groups is 1. The van der Waals surface area contributed by atoms with Crippen molar-refractivity contribution in [1.29, 1.82) is 0 Å². The first-order chi connectivity index (χ1) is 11.7. The molecule has 3 rings (SSSR count). The first-order valence-electron chi connectivity index (χ1n) is 8.00. The number of hydrogen-bond donors (Lipinski definition) is 1. The van der Waals surface area contributed by atoms with Gasteiger partial charge in [0.25, 0.3) is 0 Å². The highest BCUT2D eigenvalue weighted by atomic mass is 16.5. The highest BCUT2D eigenvalue weighted by Gasteiger charge is 2.21. The topological polar surface area (TPSA) is 63.7 Å². The number of carbonyl (C=O) groups excluding carboxylic acids is 1. The van der Waals surface area contributed by atoms with Crippen LogP contribution in [0.1, 0.15) is 12.5 Å². The first kappa shape index (κ1) is 16.3. The Labute approximate surface area is 141 Å². The van der Waals surface area contributed by atoms with Crippen molar-refractivity contribution in [1.82, 2.24) is 9.88 Å². The van der Waals surface area contributed by atoms with E-state index < -0.39 is 0 Å². The van der Waals surface area contributed by atoms with Gasteiger partial charge in [-0.1, -0.05) is 6.07 Å². The number of benzene rings is 1.